The summed E-state index contributed by atoms with van der Waals surface area (Å²) in [5, 5.41) is 2.95. The number of carbonyl (C=O) groups is 1. The van der Waals surface area contributed by atoms with Crippen molar-refractivity contribution in [1.82, 2.24) is 10.2 Å². The summed E-state index contributed by atoms with van der Waals surface area (Å²) in [5.41, 5.74) is 5.48. The van der Waals surface area contributed by atoms with E-state index in [1.165, 1.54) is 0 Å². The molecule has 76 valence electrons. The number of hydrogen-bond donors (Lipinski definition) is 2. The molecule has 1 rings (SSSR count). The fourth-order valence-electron chi connectivity index (χ4n) is 1.85. The van der Waals surface area contributed by atoms with Crippen molar-refractivity contribution >= 4 is 5.91 Å². The lowest BCUT2D eigenvalue weighted by Gasteiger charge is -2.32. The van der Waals surface area contributed by atoms with Crippen LogP contribution in [0.15, 0.2) is 0 Å². The summed E-state index contributed by atoms with van der Waals surface area (Å²) < 4.78 is 0. The summed E-state index contributed by atoms with van der Waals surface area (Å²) in [7, 11) is 0. The van der Waals surface area contributed by atoms with Gasteiger partial charge in [0.25, 0.3) is 0 Å². The molecule has 0 saturated carbocycles. The summed E-state index contributed by atoms with van der Waals surface area (Å²) in [6.07, 6.45) is 2.26. The number of carbonyl (C=O) groups excluding carboxylic acids is 1. The van der Waals surface area contributed by atoms with Gasteiger partial charge in [0.15, 0.2) is 0 Å². The molecule has 0 aromatic heterocycles. The van der Waals surface area contributed by atoms with Gasteiger partial charge in [-0.3, -0.25) is 4.79 Å². The first-order valence-electron chi connectivity index (χ1n) is 4.92. The van der Waals surface area contributed by atoms with Crippen molar-refractivity contribution in [3.63, 3.8) is 0 Å². The lowest BCUT2D eigenvalue weighted by Crippen LogP contribution is -2.48. The lowest BCUT2D eigenvalue weighted by atomic mass is 10.1. The number of rotatable bonds is 3. The highest BCUT2D eigenvalue weighted by Crippen LogP contribution is 2.08. The van der Waals surface area contributed by atoms with Crippen LogP contribution in [0.1, 0.15) is 19.8 Å². The minimum absolute atomic E-state index is 0.0691. The molecule has 0 aromatic carbocycles. The van der Waals surface area contributed by atoms with Crippen molar-refractivity contribution in [3.05, 3.63) is 0 Å². The molecule has 1 saturated heterocycles. The predicted molar refractivity (Wildman–Crippen MR) is 52.3 cm³/mol. The Labute approximate surface area is 79.5 Å². The molecule has 0 spiro atoms. The molecule has 0 aromatic rings. The van der Waals surface area contributed by atoms with E-state index in [2.05, 4.69) is 10.2 Å². The zero-order valence-electron chi connectivity index (χ0n) is 8.25. The highest BCUT2D eigenvalue weighted by molar-refractivity contribution is 5.73. The monoisotopic (exact) mass is 185 g/mol. The Morgan fingerprint density at radius 1 is 1.69 bits per heavy atom. The maximum atomic E-state index is 10.8. The van der Waals surface area contributed by atoms with Gasteiger partial charge in [0.2, 0.25) is 5.91 Å². The Morgan fingerprint density at radius 2 is 2.46 bits per heavy atom. The Morgan fingerprint density at radius 3 is 3.08 bits per heavy atom. The molecule has 1 heterocycles. The second kappa shape index (κ2) is 5.19. The van der Waals surface area contributed by atoms with Gasteiger partial charge >= 0.3 is 0 Å². The van der Waals surface area contributed by atoms with Gasteiger partial charge in [0, 0.05) is 32.6 Å². The fourth-order valence-corrected chi connectivity index (χ4v) is 1.85. The predicted octanol–water partition coefficient (Wildman–Crippen LogP) is -0.454. The number of nitrogens with two attached hydrogens (primary N) is 1. The van der Waals surface area contributed by atoms with Crippen molar-refractivity contribution < 1.29 is 4.79 Å². The van der Waals surface area contributed by atoms with Crippen LogP contribution in [0, 0.1) is 0 Å². The van der Waals surface area contributed by atoms with E-state index < -0.39 is 0 Å². The molecule has 1 aliphatic heterocycles. The third kappa shape index (κ3) is 3.74. The number of nitrogens with one attached hydrogen (secondary N) is 1. The molecule has 4 nitrogen and oxygen atoms in total. The Kier molecular flexibility index (Phi) is 4.18. The van der Waals surface area contributed by atoms with Gasteiger partial charge < -0.3 is 16.0 Å². The summed E-state index contributed by atoms with van der Waals surface area (Å²) in [6, 6.07) is 0.331. The molecular formula is C9H19N3O. The first-order chi connectivity index (χ1) is 6.22. The van der Waals surface area contributed by atoms with Crippen molar-refractivity contribution in [3.8, 4) is 0 Å². The van der Waals surface area contributed by atoms with Crippen LogP contribution in [-0.4, -0.2) is 43.0 Å². The molecule has 0 radical (unpaired) electrons. The summed E-state index contributed by atoms with van der Waals surface area (Å²) in [6.45, 7) is 5.29. The second-order valence-electron chi connectivity index (χ2n) is 3.63. The third-order valence-corrected chi connectivity index (χ3v) is 2.36. The van der Waals surface area contributed by atoms with Crippen molar-refractivity contribution in [1.29, 1.82) is 0 Å². The normalized spacial score (nSPS) is 24.3. The average Bonchev–Trinajstić information content (AvgIpc) is 2.04. The smallest absolute Gasteiger partial charge is 0.217 e. The number of amides is 1. The summed E-state index contributed by atoms with van der Waals surface area (Å²) in [5.74, 6) is 0.0691. The van der Waals surface area contributed by atoms with Crippen LogP contribution in [-0.2, 0) is 4.79 Å². The number of likely N-dealkylation sites (tertiary alicyclic amines) is 1. The van der Waals surface area contributed by atoms with E-state index in [1.54, 1.807) is 6.92 Å². The maximum Gasteiger partial charge on any atom is 0.217 e. The zero-order valence-corrected chi connectivity index (χ0v) is 8.25. The van der Waals surface area contributed by atoms with Gasteiger partial charge in [-0.25, -0.2) is 0 Å². The fraction of sp³-hybridized carbons (Fsp3) is 0.889. The van der Waals surface area contributed by atoms with E-state index in [-0.39, 0.29) is 5.91 Å². The molecule has 1 fully saturated rings. The van der Waals surface area contributed by atoms with Crippen LogP contribution in [0.25, 0.3) is 0 Å². The molecule has 1 amide bonds. The number of nitrogens with zero attached hydrogens (tertiary/aromatic N) is 1. The van der Waals surface area contributed by atoms with Crippen LogP contribution < -0.4 is 11.1 Å². The van der Waals surface area contributed by atoms with Crippen LogP contribution in [0.2, 0.25) is 0 Å². The average molecular weight is 185 g/mol. The molecule has 4 heteroatoms. The van der Waals surface area contributed by atoms with Crippen LogP contribution in [0.4, 0.5) is 0 Å². The van der Waals surface area contributed by atoms with E-state index in [4.69, 9.17) is 5.73 Å². The van der Waals surface area contributed by atoms with Gasteiger partial charge in [0.1, 0.15) is 0 Å². The van der Waals surface area contributed by atoms with Crippen LogP contribution in [0.5, 0.6) is 0 Å². The third-order valence-electron chi connectivity index (χ3n) is 2.36. The van der Waals surface area contributed by atoms with Crippen LogP contribution >= 0.6 is 0 Å². The minimum atomic E-state index is 0.0691. The highest BCUT2D eigenvalue weighted by Gasteiger charge is 2.19. The largest absolute Gasteiger partial charge is 0.352 e. The van der Waals surface area contributed by atoms with E-state index in [0.717, 1.165) is 32.5 Å². The molecule has 3 N–H and O–H groups in total. The van der Waals surface area contributed by atoms with Gasteiger partial charge in [0.05, 0.1) is 0 Å². The summed E-state index contributed by atoms with van der Waals surface area (Å²) in [4.78, 5) is 13.1. The topological polar surface area (TPSA) is 58.4 Å². The Hall–Kier alpha value is -0.610. The van der Waals surface area contributed by atoms with Gasteiger partial charge in [-0.1, -0.05) is 0 Å². The second-order valence-corrected chi connectivity index (χ2v) is 3.63. The van der Waals surface area contributed by atoms with E-state index in [9.17, 15) is 4.79 Å². The van der Waals surface area contributed by atoms with E-state index in [1.807, 2.05) is 0 Å². The van der Waals surface area contributed by atoms with E-state index in [0.29, 0.717) is 12.6 Å². The maximum absolute atomic E-state index is 10.8. The highest BCUT2D eigenvalue weighted by atomic mass is 16.1. The molecule has 1 atom stereocenters. The molecule has 0 aliphatic carbocycles. The molecule has 1 aliphatic rings. The van der Waals surface area contributed by atoms with Crippen LogP contribution in [0.3, 0.4) is 0 Å². The van der Waals surface area contributed by atoms with Crippen molar-refractivity contribution in [2.24, 2.45) is 5.73 Å². The van der Waals surface area contributed by atoms with Gasteiger partial charge in [-0.15, -0.1) is 0 Å². The SMILES string of the molecule is CC(=O)N[C@@H]1CCCN(CCN)C1. The number of piperidine rings is 1. The molecular weight excluding hydrogens is 166 g/mol. The summed E-state index contributed by atoms with van der Waals surface area (Å²) >= 11 is 0. The Balaban J connectivity index is 2.28. The molecule has 0 unspecified atom stereocenters. The Bertz CT molecular complexity index is 170. The van der Waals surface area contributed by atoms with Crippen molar-refractivity contribution in [2.45, 2.75) is 25.8 Å². The minimum Gasteiger partial charge on any atom is -0.352 e. The number of hydrogen-bond acceptors (Lipinski definition) is 3. The van der Waals surface area contributed by atoms with Crippen molar-refractivity contribution in [2.75, 3.05) is 26.2 Å². The van der Waals surface area contributed by atoms with Gasteiger partial charge in [-0.05, 0) is 19.4 Å². The van der Waals surface area contributed by atoms with E-state index >= 15 is 0 Å². The lowest BCUT2D eigenvalue weighted by molar-refractivity contribution is -0.120. The first kappa shape index (κ1) is 10.5. The zero-order chi connectivity index (χ0) is 9.68. The first-order valence-corrected chi connectivity index (χ1v) is 4.92. The standard InChI is InChI=1S/C9H19N3O/c1-8(13)11-9-3-2-5-12(7-9)6-4-10/h9H,2-7,10H2,1H3,(H,11,13)/t9-/m1/s1. The molecule has 0 bridgehead atoms. The molecule has 13 heavy (non-hydrogen) atoms. The van der Waals surface area contributed by atoms with Gasteiger partial charge in [-0.2, -0.15) is 0 Å². The quantitative estimate of drug-likeness (QED) is 0.626.